The monoisotopic (exact) mass is 131 g/mol. The van der Waals surface area contributed by atoms with Gasteiger partial charge in [-0.05, 0) is 19.8 Å². The molecule has 0 amide bonds. The molecule has 0 aromatic heterocycles. The second kappa shape index (κ2) is 4.77. The first-order valence-corrected chi connectivity index (χ1v) is 3.49. The van der Waals surface area contributed by atoms with Crippen molar-refractivity contribution in [1.82, 2.24) is 0 Å². The molecule has 0 aliphatic heterocycles. The van der Waals surface area contributed by atoms with Gasteiger partial charge in [-0.15, -0.1) is 0 Å². The quantitative estimate of drug-likeness (QED) is 0.621. The lowest BCUT2D eigenvalue weighted by molar-refractivity contribution is 0.0876. The van der Waals surface area contributed by atoms with Gasteiger partial charge in [0.25, 0.3) is 0 Å². The fraction of sp³-hybridized carbons (Fsp3) is 1.00. The highest BCUT2D eigenvalue weighted by molar-refractivity contribution is 4.61. The molecule has 0 radical (unpaired) electrons. The van der Waals surface area contributed by atoms with Gasteiger partial charge in [-0.2, -0.15) is 0 Å². The van der Waals surface area contributed by atoms with Gasteiger partial charge in [0.1, 0.15) is 0 Å². The summed E-state index contributed by atoms with van der Waals surface area (Å²) in [6.07, 6.45) is 2.37. The van der Waals surface area contributed by atoms with E-state index in [1.807, 2.05) is 6.92 Å². The van der Waals surface area contributed by atoms with E-state index in [-0.39, 0.29) is 6.04 Å². The van der Waals surface area contributed by atoms with E-state index in [1.165, 1.54) is 0 Å². The Hall–Kier alpha value is -0.0800. The summed E-state index contributed by atoms with van der Waals surface area (Å²) in [5.41, 5.74) is 5.56. The Bertz CT molecular complexity index is 59.9. The minimum absolute atomic E-state index is 0.259. The molecule has 2 heteroatoms. The molecule has 0 saturated heterocycles. The van der Waals surface area contributed by atoms with E-state index in [4.69, 9.17) is 10.5 Å². The molecule has 56 valence electrons. The van der Waals surface area contributed by atoms with Crippen molar-refractivity contribution in [1.29, 1.82) is 0 Å². The van der Waals surface area contributed by atoms with Crippen LogP contribution in [0.3, 0.4) is 0 Å². The highest BCUT2D eigenvalue weighted by Crippen LogP contribution is 2.03. The summed E-state index contributed by atoms with van der Waals surface area (Å²) in [7, 11) is 1.73. The van der Waals surface area contributed by atoms with Crippen LogP contribution in [0.25, 0.3) is 0 Å². The largest absolute Gasteiger partial charge is 0.381 e. The Morgan fingerprint density at radius 1 is 1.56 bits per heavy atom. The van der Waals surface area contributed by atoms with Crippen LogP contribution in [-0.2, 0) is 4.74 Å². The van der Waals surface area contributed by atoms with Gasteiger partial charge >= 0.3 is 0 Å². The molecular formula is C7H17NO. The van der Waals surface area contributed by atoms with Crippen molar-refractivity contribution in [2.75, 3.05) is 7.11 Å². The first-order chi connectivity index (χ1) is 4.20. The van der Waals surface area contributed by atoms with Crippen molar-refractivity contribution in [3.63, 3.8) is 0 Å². The van der Waals surface area contributed by atoms with Crippen LogP contribution >= 0.6 is 0 Å². The maximum absolute atomic E-state index is 5.56. The van der Waals surface area contributed by atoms with Gasteiger partial charge in [-0.3, -0.25) is 0 Å². The lowest BCUT2D eigenvalue weighted by atomic mass is 10.1. The number of nitrogens with two attached hydrogens (primary N) is 1. The Morgan fingerprint density at radius 3 is 2.22 bits per heavy atom. The van der Waals surface area contributed by atoms with Crippen molar-refractivity contribution in [3.05, 3.63) is 0 Å². The highest BCUT2D eigenvalue weighted by atomic mass is 16.5. The summed E-state index contributed by atoms with van der Waals surface area (Å²) in [6.45, 7) is 4.11. The van der Waals surface area contributed by atoms with Crippen LogP contribution in [0.2, 0.25) is 0 Å². The summed E-state index contributed by atoms with van der Waals surface area (Å²) < 4.78 is 5.13. The molecule has 0 spiro atoms. The van der Waals surface area contributed by atoms with E-state index in [0.717, 1.165) is 12.8 Å². The Kier molecular flexibility index (Phi) is 4.72. The zero-order chi connectivity index (χ0) is 7.28. The number of ether oxygens (including phenoxy) is 1. The number of hydrogen-bond donors (Lipinski definition) is 1. The third-order valence-corrected chi connectivity index (χ3v) is 1.42. The van der Waals surface area contributed by atoms with Crippen molar-refractivity contribution >= 4 is 0 Å². The third-order valence-electron chi connectivity index (χ3n) is 1.42. The van der Waals surface area contributed by atoms with E-state index in [1.54, 1.807) is 7.11 Å². The molecule has 0 aromatic carbocycles. The maximum atomic E-state index is 5.56. The average Bonchev–Trinajstić information content (AvgIpc) is 1.82. The Labute approximate surface area is 57.4 Å². The molecule has 0 aliphatic carbocycles. The summed E-state index contributed by atoms with van der Waals surface area (Å²) in [4.78, 5) is 0. The molecule has 0 aliphatic rings. The average molecular weight is 131 g/mol. The van der Waals surface area contributed by atoms with E-state index in [2.05, 4.69) is 6.92 Å². The second-order valence-corrected chi connectivity index (χ2v) is 2.48. The molecule has 9 heavy (non-hydrogen) atoms. The SMILES string of the molecule is CCC(CC(C)N)OC. The van der Waals surface area contributed by atoms with Crippen molar-refractivity contribution in [2.24, 2.45) is 5.73 Å². The van der Waals surface area contributed by atoms with Gasteiger partial charge in [-0.25, -0.2) is 0 Å². The van der Waals surface area contributed by atoms with Gasteiger partial charge in [0.15, 0.2) is 0 Å². The van der Waals surface area contributed by atoms with Crippen molar-refractivity contribution in [3.8, 4) is 0 Å². The fourth-order valence-electron chi connectivity index (χ4n) is 0.844. The van der Waals surface area contributed by atoms with Gasteiger partial charge < -0.3 is 10.5 Å². The molecule has 0 fully saturated rings. The van der Waals surface area contributed by atoms with Gasteiger partial charge in [0, 0.05) is 13.2 Å². The van der Waals surface area contributed by atoms with Crippen molar-refractivity contribution < 1.29 is 4.74 Å². The van der Waals surface area contributed by atoms with Crippen molar-refractivity contribution in [2.45, 2.75) is 38.8 Å². The fourth-order valence-corrected chi connectivity index (χ4v) is 0.844. The molecule has 0 saturated carbocycles. The standard InChI is InChI=1S/C7H17NO/c1-4-7(9-3)5-6(2)8/h6-7H,4-5,8H2,1-3H3. The smallest absolute Gasteiger partial charge is 0.0583 e. The first-order valence-electron chi connectivity index (χ1n) is 3.49. The Morgan fingerprint density at radius 2 is 2.11 bits per heavy atom. The molecule has 0 bridgehead atoms. The molecule has 2 atom stereocenters. The number of hydrogen-bond acceptors (Lipinski definition) is 2. The van der Waals surface area contributed by atoms with E-state index < -0.39 is 0 Å². The van der Waals surface area contributed by atoms with Crippen LogP contribution in [0.5, 0.6) is 0 Å². The summed E-state index contributed by atoms with van der Waals surface area (Å²) in [5.74, 6) is 0. The van der Waals surface area contributed by atoms with Gasteiger partial charge in [-0.1, -0.05) is 6.92 Å². The lowest BCUT2D eigenvalue weighted by Gasteiger charge is -2.14. The van der Waals surface area contributed by atoms with Crippen LogP contribution < -0.4 is 5.73 Å². The summed E-state index contributed by atoms with van der Waals surface area (Å²) in [6, 6.07) is 0.259. The third kappa shape index (κ3) is 4.43. The van der Waals surface area contributed by atoms with Crippen LogP contribution in [-0.4, -0.2) is 19.3 Å². The normalized spacial score (nSPS) is 17.3. The predicted molar refractivity (Wildman–Crippen MR) is 39.4 cm³/mol. The highest BCUT2D eigenvalue weighted by Gasteiger charge is 2.05. The molecule has 0 rings (SSSR count). The van der Waals surface area contributed by atoms with Crippen LogP contribution in [0.1, 0.15) is 26.7 Å². The summed E-state index contributed by atoms with van der Waals surface area (Å²) in [5, 5.41) is 0. The van der Waals surface area contributed by atoms with Crippen LogP contribution in [0.15, 0.2) is 0 Å². The first kappa shape index (κ1) is 8.92. The molecular weight excluding hydrogens is 114 g/mol. The predicted octanol–water partition coefficient (Wildman–Crippen LogP) is 1.15. The minimum atomic E-state index is 0.259. The zero-order valence-electron chi connectivity index (χ0n) is 6.55. The molecule has 2 N–H and O–H groups in total. The lowest BCUT2D eigenvalue weighted by Crippen LogP contribution is -2.23. The molecule has 0 aromatic rings. The topological polar surface area (TPSA) is 35.2 Å². The number of methoxy groups -OCH3 is 1. The number of rotatable bonds is 4. The minimum Gasteiger partial charge on any atom is -0.381 e. The molecule has 0 heterocycles. The molecule has 2 unspecified atom stereocenters. The van der Waals surface area contributed by atoms with E-state index >= 15 is 0 Å². The second-order valence-electron chi connectivity index (χ2n) is 2.48. The van der Waals surface area contributed by atoms with Gasteiger partial charge in [0.05, 0.1) is 6.10 Å². The van der Waals surface area contributed by atoms with Crippen LogP contribution in [0, 0.1) is 0 Å². The Balaban J connectivity index is 3.31. The summed E-state index contributed by atoms with van der Waals surface area (Å²) >= 11 is 0. The van der Waals surface area contributed by atoms with Gasteiger partial charge in [0.2, 0.25) is 0 Å². The molecule has 2 nitrogen and oxygen atoms in total. The zero-order valence-corrected chi connectivity index (χ0v) is 6.55. The van der Waals surface area contributed by atoms with E-state index in [0.29, 0.717) is 6.10 Å². The van der Waals surface area contributed by atoms with Crippen LogP contribution in [0.4, 0.5) is 0 Å². The van der Waals surface area contributed by atoms with E-state index in [9.17, 15) is 0 Å². The maximum Gasteiger partial charge on any atom is 0.0583 e.